The summed E-state index contributed by atoms with van der Waals surface area (Å²) in [5.41, 5.74) is 13.5. The molecule has 1 heterocycles. The highest BCUT2D eigenvalue weighted by molar-refractivity contribution is 6.36. The number of hydrogen-bond donors (Lipinski definition) is 2. The van der Waals surface area contributed by atoms with E-state index in [-0.39, 0.29) is 5.96 Å². The summed E-state index contributed by atoms with van der Waals surface area (Å²) in [6.45, 7) is 1.94. The van der Waals surface area contributed by atoms with Crippen LogP contribution in [0.15, 0.2) is 47.6 Å². The molecule has 0 aliphatic heterocycles. The third-order valence-corrected chi connectivity index (χ3v) is 4.30. The molecule has 2 aromatic carbocycles. The van der Waals surface area contributed by atoms with E-state index in [9.17, 15) is 4.79 Å². The van der Waals surface area contributed by atoms with Gasteiger partial charge in [-0.05, 0) is 36.8 Å². The maximum atomic E-state index is 12.1. The largest absolute Gasteiger partial charge is 0.370 e. The van der Waals surface area contributed by atoms with Gasteiger partial charge in [-0.1, -0.05) is 35.3 Å². The van der Waals surface area contributed by atoms with E-state index in [0.29, 0.717) is 21.3 Å². The number of fused-ring (bicyclic) bond motifs is 1. The Bertz CT molecular complexity index is 1030. The second kappa shape index (κ2) is 6.70. The molecule has 4 N–H and O–H groups in total. The Balaban J connectivity index is 2.27. The minimum atomic E-state index is -0.527. The molecular formula is C18H14Cl2N4O. The van der Waals surface area contributed by atoms with Crippen molar-refractivity contribution in [2.45, 2.75) is 6.92 Å². The Kier molecular flexibility index (Phi) is 4.61. The molecule has 0 aliphatic carbocycles. The molecule has 0 spiro atoms. The van der Waals surface area contributed by atoms with Crippen molar-refractivity contribution < 1.29 is 4.79 Å². The zero-order valence-electron chi connectivity index (χ0n) is 13.3. The van der Waals surface area contributed by atoms with Gasteiger partial charge in [0, 0.05) is 33.1 Å². The molecule has 25 heavy (non-hydrogen) atoms. The second-order valence-corrected chi connectivity index (χ2v) is 6.36. The molecule has 0 bridgehead atoms. The zero-order chi connectivity index (χ0) is 18.1. The van der Waals surface area contributed by atoms with Crippen molar-refractivity contribution in [1.29, 1.82) is 0 Å². The van der Waals surface area contributed by atoms with Crippen LogP contribution in [0.4, 0.5) is 0 Å². The third kappa shape index (κ3) is 3.43. The van der Waals surface area contributed by atoms with Crippen LogP contribution in [0.25, 0.3) is 22.0 Å². The van der Waals surface area contributed by atoms with Crippen LogP contribution in [0.5, 0.6) is 0 Å². The summed E-state index contributed by atoms with van der Waals surface area (Å²) in [6, 6.07) is 10.6. The standard InChI is InChI=1S/C18H14Cl2N4O/c1-9-6-11(19)3-5-12(9)16-14-7-10(17(25)24-18(21)22)2-4-13(14)15(20)8-23-16/h2-8H,1H3,(H4,21,22,24,25). The number of aromatic nitrogens is 1. The van der Waals surface area contributed by atoms with Gasteiger partial charge in [0.25, 0.3) is 5.91 Å². The van der Waals surface area contributed by atoms with Crippen LogP contribution in [0.3, 0.4) is 0 Å². The molecule has 5 nitrogen and oxygen atoms in total. The van der Waals surface area contributed by atoms with Gasteiger partial charge in [-0.2, -0.15) is 4.99 Å². The Morgan fingerprint density at radius 1 is 1.08 bits per heavy atom. The number of pyridine rings is 1. The average Bonchev–Trinajstić information content (AvgIpc) is 2.55. The summed E-state index contributed by atoms with van der Waals surface area (Å²) in [4.78, 5) is 20.2. The number of nitrogens with zero attached hydrogens (tertiary/aromatic N) is 2. The van der Waals surface area contributed by atoms with Crippen molar-refractivity contribution >= 4 is 45.8 Å². The van der Waals surface area contributed by atoms with E-state index in [2.05, 4.69) is 9.98 Å². The van der Waals surface area contributed by atoms with E-state index in [0.717, 1.165) is 21.9 Å². The lowest BCUT2D eigenvalue weighted by atomic mass is 9.98. The molecule has 0 aliphatic rings. The summed E-state index contributed by atoms with van der Waals surface area (Å²) in [5.74, 6) is -0.816. The number of halogens is 2. The first kappa shape index (κ1) is 17.2. The van der Waals surface area contributed by atoms with Gasteiger partial charge in [0.2, 0.25) is 0 Å². The van der Waals surface area contributed by atoms with Gasteiger partial charge in [0.15, 0.2) is 5.96 Å². The molecule has 126 valence electrons. The highest BCUT2D eigenvalue weighted by Gasteiger charge is 2.14. The number of hydrogen-bond acceptors (Lipinski definition) is 2. The Hall–Kier alpha value is -2.63. The molecule has 1 amide bonds. The molecule has 1 aromatic heterocycles. The van der Waals surface area contributed by atoms with E-state index in [1.165, 1.54) is 0 Å². The summed E-state index contributed by atoms with van der Waals surface area (Å²) in [5, 5.41) is 2.64. The normalized spacial score (nSPS) is 10.7. The Morgan fingerprint density at radius 2 is 1.84 bits per heavy atom. The summed E-state index contributed by atoms with van der Waals surface area (Å²) >= 11 is 12.3. The topological polar surface area (TPSA) is 94.4 Å². The fourth-order valence-corrected chi connectivity index (χ4v) is 3.07. The lowest BCUT2D eigenvalue weighted by molar-refractivity contribution is 0.100. The number of guanidine groups is 1. The van der Waals surface area contributed by atoms with Crippen molar-refractivity contribution in [2.24, 2.45) is 16.5 Å². The van der Waals surface area contributed by atoms with Gasteiger partial charge in [0.1, 0.15) is 0 Å². The number of carbonyl (C=O) groups is 1. The summed E-state index contributed by atoms with van der Waals surface area (Å²) in [7, 11) is 0. The van der Waals surface area contributed by atoms with Gasteiger partial charge >= 0.3 is 0 Å². The van der Waals surface area contributed by atoms with Gasteiger partial charge < -0.3 is 11.5 Å². The quantitative estimate of drug-likeness (QED) is 0.526. The predicted octanol–water partition coefficient (Wildman–Crippen LogP) is 3.93. The van der Waals surface area contributed by atoms with E-state index in [4.69, 9.17) is 34.7 Å². The Labute approximate surface area is 154 Å². The van der Waals surface area contributed by atoms with E-state index in [1.54, 1.807) is 30.5 Å². The molecule has 3 rings (SSSR count). The maximum Gasteiger partial charge on any atom is 0.280 e. The molecule has 0 radical (unpaired) electrons. The predicted molar refractivity (Wildman–Crippen MR) is 102 cm³/mol. The van der Waals surface area contributed by atoms with Crippen molar-refractivity contribution in [3.63, 3.8) is 0 Å². The van der Waals surface area contributed by atoms with Crippen molar-refractivity contribution in [3.8, 4) is 11.3 Å². The van der Waals surface area contributed by atoms with Crippen LogP contribution in [0, 0.1) is 6.92 Å². The smallest absolute Gasteiger partial charge is 0.280 e. The summed E-state index contributed by atoms with van der Waals surface area (Å²) in [6.07, 6.45) is 1.59. The van der Waals surface area contributed by atoms with Crippen LogP contribution in [-0.2, 0) is 0 Å². The summed E-state index contributed by atoms with van der Waals surface area (Å²) < 4.78 is 0. The van der Waals surface area contributed by atoms with Crippen LogP contribution in [-0.4, -0.2) is 16.9 Å². The average molecular weight is 373 g/mol. The molecule has 0 fully saturated rings. The van der Waals surface area contributed by atoms with E-state index >= 15 is 0 Å². The Morgan fingerprint density at radius 3 is 2.52 bits per heavy atom. The van der Waals surface area contributed by atoms with Gasteiger partial charge in [0.05, 0.1) is 10.7 Å². The second-order valence-electron chi connectivity index (χ2n) is 5.52. The van der Waals surface area contributed by atoms with Crippen molar-refractivity contribution in [1.82, 2.24) is 4.98 Å². The third-order valence-electron chi connectivity index (χ3n) is 3.76. The van der Waals surface area contributed by atoms with Gasteiger partial charge in [-0.3, -0.25) is 9.78 Å². The lowest BCUT2D eigenvalue weighted by Crippen LogP contribution is -2.24. The van der Waals surface area contributed by atoms with Crippen LogP contribution in [0.1, 0.15) is 15.9 Å². The number of nitrogens with two attached hydrogens (primary N) is 2. The molecule has 0 saturated carbocycles. The minimum Gasteiger partial charge on any atom is -0.370 e. The first-order valence-electron chi connectivity index (χ1n) is 7.35. The molecule has 0 unspecified atom stereocenters. The molecule has 0 saturated heterocycles. The van der Waals surface area contributed by atoms with Crippen molar-refractivity contribution in [2.75, 3.05) is 0 Å². The maximum absolute atomic E-state index is 12.1. The number of aliphatic imine (C=N–C) groups is 1. The van der Waals surface area contributed by atoms with Gasteiger partial charge in [-0.25, -0.2) is 0 Å². The van der Waals surface area contributed by atoms with E-state index < -0.39 is 5.91 Å². The first-order valence-corrected chi connectivity index (χ1v) is 8.11. The fourth-order valence-electron chi connectivity index (χ4n) is 2.63. The number of benzene rings is 2. The molecule has 0 atom stereocenters. The highest BCUT2D eigenvalue weighted by Crippen LogP contribution is 2.34. The number of rotatable bonds is 2. The fraction of sp³-hybridized carbons (Fsp3) is 0.0556. The van der Waals surface area contributed by atoms with Crippen LogP contribution < -0.4 is 11.5 Å². The molecule has 7 heteroatoms. The molecular weight excluding hydrogens is 359 g/mol. The zero-order valence-corrected chi connectivity index (χ0v) is 14.8. The number of carbonyl (C=O) groups excluding carboxylic acids is 1. The SMILES string of the molecule is Cc1cc(Cl)ccc1-c1ncc(Cl)c2ccc(C(=O)N=C(N)N)cc12. The van der Waals surface area contributed by atoms with E-state index in [1.807, 2.05) is 19.1 Å². The molecule has 3 aromatic rings. The highest BCUT2D eigenvalue weighted by atomic mass is 35.5. The van der Waals surface area contributed by atoms with Crippen LogP contribution in [0.2, 0.25) is 10.0 Å². The van der Waals surface area contributed by atoms with Crippen LogP contribution >= 0.6 is 23.2 Å². The first-order chi connectivity index (χ1) is 11.9. The lowest BCUT2D eigenvalue weighted by Gasteiger charge is -2.11. The number of amides is 1. The number of aryl methyl sites for hydroxylation is 1. The van der Waals surface area contributed by atoms with Gasteiger partial charge in [-0.15, -0.1) is 0 Å². The van der Waals surface area contributed by atoms with Crippen molar-refractivity contribution in [3.05, 3.63) is 63.8 Å². The minimum absolute atomic E-state index is 0.289. The monoisotopic (exact) mass is 372 g/mol.